The van der Waals surface area contributed by atoms with Crippen LogP contribution in [-0.4, -0.2) is 11.0 Å². The average molecular weight is 269 g/mol. The van der Waals surface area contributed by atoms with Gasteiger partial charge in [0.05, 0.1) is 6.54 Å². The molecule has 0 radical (unpaired) electrons. The second-order valence-electron chi connectivity index (χ2n) is 4.80. The van der Waals surface area contributed by atoms with Gasteiger partial charge in [-0.05, 0) is 18.1 Å². The van der Waals surface area contributed by atoms with Crippen molar-refractivity contribution in [3.05, 3.63) is 71.3 Å². The van der Waals surface area contributed by atoms with Gasteiger partial charge in [-0.1, -0.05) is 60.2 Å². The van der Waals surface area contributed by atoms with Crippen LogP contribution in [0.25, 0.3) is 0 Å². The van der Waals surface area contributed by atoms with Gasteiger partial charge in [-0.15, -0.1) is 0 Å². The molecule has 0 aromatic heterocycles. The predicted octanol–water partition coefficient (Wildman–Crippen LogP) is 3.48. The lowest BCUT2D eigenvalue weighted by atomic mass is 10.1. The number of benzene rings is 2. The van der Waals surface area contributed by atoms with Gasteiger partial charge < -0.3 is 0 Å². The highest BCUT2D eigenvalue weighted by Gasteiger charge is 2.10. The number of aryl methyl sites for hydroxylation is 1. The molecule has 0 saturated heterocycles. The minimum absolute atomic E-state index is 0.0958. The zero-order chi connectivity index (χ0) is 14.4. The standard InChI is InChI=1S/C17H19NO2/c1-14-7-6-10-17(11-14)13-20-18(15(2)19)12-16-8-4-3-5-9-16/h3-11H,12-13H2,1-2H3. The zero-order valence-corrected chi connectivity index (χ0v) is 11.9. The Hall–Kier alpha value is -2.13. The molecule has 20 heavy (non-hydrogen) atoms. The van der Waals surface area contributed by atoms with Gasteiger partial charge in [0.15, 0.2) is 0 Å². The Labute approximate surface area is 119 Å². The third-order valence-corrected chi connectivity index (χ3v) is 2.99. The van der Waals surface area contributed by atoms with Gasteiger partial charge in [0, 0.05) is 6.92 Å². The van der Waals surface area contributed by atoms with E-state index in [0.29, 0.717) is 13.2 Å². The van der Waals surface area contributed by atoms with E-state index >= 15 is 0 Å². The van der Waals surface area contributed by atoms with Crippen LogP contribution >= 0.6 is 0 Å². The fourth-order valence-electron chi connectivity index (χ4n) is 1.95. The molecule has 1 amide bonds. The molecule has 3 heteroatoms. The summed E-state index contributed by atoms with van der Waals surface area (Å²) in [5, 5.41) is 1.40. The minimum Gasteiger partial charge on any atom is -0.273 e. The second-order valence-corrected chi connectivity index (χ2v) is 4.80. The molecule has 0 unspecified atom stereocenters. The van der Waals surface area contributed by atoms with E-state index in [1.165, 1.54) is 17.6 Å². The van der Waals surface area contributed by atoms with E-state index in [-0.39, 0.29) is 5.91 Å². The maximum Gasteiger partial charge on any atom is 0.243 e. The molecule has 2 aromatic rings. The quantitative estimate of drug-likeness (QED) is 0.778. The minimum atomic E-state index is -0.0958. The van der Waals surface area contributed by atoms with Crippen LogP contribution in [-0.2, 0) is 22.8 Å². The maximum atomic E-state index is 11.6. The zero-order valence-electron chi connectivity index (χ0n) is 11.9. The van der Waals surface area contributed by atoms with Crippen molar-refractivity contribution in [3.8, 4) is 0 Å². The second kappa shape index (κ2) is 6.87. The first-order chi connectivity index (χ1) is 9.65. The molecule has 0 heterocycles. The van der Waals surface area contributed by atoms with Crippen molar-refractivity contribution in [2.24, 2.45) is 0 Å². The molecule has 2 rings (SSSR count). The van der Waals surface area contributed by atoms with Crippen LogP contribution in [0.1, 0.15) is 23.6 Å². The molecule has 0 atom stereocenters. The van der Waals surface area contributed by atoms with E-state index in [2.05, 4.69) is 6.07 Å². The van der Waals surface area contributed by atoms with Crippen LogP contribution in [0.2, 0.25) is 0 Å². The number of hydroxylamine groups is 2. The van der Waals surface area contributed by atoms with Gasteiger partial charge in [-0.3, -0.25) is 9.63 Å². The fraction of sp³-hybridized carbons (Fsp3) is 0.235. The SMILES string of the molecule is CC(=O)N(Cc1ccccc1)OCc1cccc(C)c1. The Morgan fingerprint density at radius 2 is 1.75 bits per heavy atom. The molecule has 0 spiro atoms. The van der Waals surface area contributed by atoms with Gasteiger partial charge in [-0.25, -0.2) is 5.06 Å². The summed E-state index contributed by atoms with van der Waals surface area (Å²) in [5.74, 6) is -0.0958. The first kappa shape index (κ1) is 14.3. The third kappa shape index (κ3) is 4.21. The number of rotatable bonds is 5. The molecule has 0 aliphatic carbocycles. The molecule has 0 aliphatic rings. The van der Waals surface area contributed by atoms with Crippen LogP contribution < -0.4 is 0 Å². The van der Waals surface area contributed by atoms with Crippen LogP contribution in [0.4, 0.5) is 0 Å². The van der Waals surface area contributed by atoms with E-state index in [4.69, 9.17) is 4.84 Å². The average Bonchev–Trinajstić information content (AvgIpc) is 2.44. The molecule has 0 N–H and O–H groups in total. The summed E-state index contributed by atoms with van der Waals surface area (Å²) in [6.07, 6.45) is 0. The van der Waals surface area contributed by atoms with Crippen molar-refractivity contribution in [2.75, 3.05) is 0 Å². The van der Waals surface area contributed by atoms with Crippen molar-refractivity contribution >= 4 is 5.91 Å². The lowest BCUT2D eigenvalue weighted by molar-refractivity contribution is -0.193. The Morgan fingerprint density at radius 1 is 1.05 bits per heavy atom. The highest BCUT2D eigenvalue weighted by molar-refractivity contribution is 5.72. The molecule has 0 bridgehead atoms. The number of amides is 1. The Kier molecular flexibility index (Phi) is 4.91. The third-order valence-electron chi connectivity index (χ3n) is 2.99. The van der Waals surface area contributed by atoms with E-state index in [1.807, 2.05) is 55.5 Å². The Balaban J connectivity index is 1.98. The maximum absolute atomic E-state index is 11.6. The largest absolute Gasteiger partial charge is 0.273 e. The summed E-state index contributed by atoms with van der Waals surface area (Å²) < 4.78 is 0. The first-order valence-electron chi connectivity index (χ1n) is 6.65. The van der Waals surface area contributed by atoms with E-state index in [9.17, 15) is 4.79 Å². The van der Waals surface area contributed by atoms with E-state index in [0.717, 1.165) is 11.1 Å². The van der Waals surface area contributed by atoms with Crippen molar-refractivity contribution in [1.82, 2.24) is 5.06 Å². The Bertz CT molecular complexity index is 566. The molecule has 2 aromatic carbocycles. The summed E-state index contributed by atoms with van der Waals surface area (Å²) in [6, 6.07) is 17.9. The Morgan fingerprint density at radius 3 is 2.40 bits per heavy atom. The van der Waals surface area contributed by atoms with Crippen LogP contribution in [0.5, 0.6) is 0 Å². The summed E-state index contributed by atoms with van der Waals surface area (Å²) in [6.45, 7) is 4.41. The number of carbonyl (C=O) groups is 1. The van der Waals surface area contributed by atoms with E-state index in [1.54, 1.807) is 0 Å². The molecular formula is C17H19NO2. The van der Waals surface area contributed by atoms with Gasteiger partial charge in [0.25, 0.3) is 0 Å². The van der Waals surface area contributed by atoms with Crippen LogP contribution in [0.3, 0.4) is 0 Å². The highest BCUT2D eigenvalue weighted by Crippen LogP contribution is 2.10. The normalized spacial score (nSPS) is 10.3. The summed E-state index contributed by atoms with van der Waals surface area (Å²) in [4.78, 5) is 17.3. The predicted molar refractivity (Wildman–Crippen MR) is 78.6 cm³/mol. The van der Waals surface area contributed by atoms with Crippen LogP contribution in [0, 0.1) is 6.92 Å². The number of carbonyl (C=O) groups excluding carboxylic acids is 1. The molecule has 0 saturated carbocycles. The molecule has 3 nitrogen and oxygen atoms in total. The topological polar surface area (TPSA) is 29.5 Å². The fourth-order valence-corrected chi connectivity index (χ4v) is 1.95. The summed E-state index contributed by atoms with van der Waals surface area (Å²) >= 11 is 0. The lowest BCUT2D eigenvalue weighted by Crippen LogP contribution is -2.28. The molecular weight excluding hydrogens is 250 g/mol. The monoisotopic (exact) mass is 269 g/mol. The van der Waals surface area contributed by atoms with Gasteiger partial charge >= 0.3 is 0 Å². The molecule has 0 fully saturated rings. The van der Waals surface area contributed by atoms with Gasteiger partial charge in [-0.2, -0.15) is 0 Å². The van der Waals surface area contributed by atoms with Crippen molar-refractivity contribution in [2.45, 2.75) is 27.0 Å². The van der Waals surface area contributed by atoms with E-state index < -0.39 is 0 Å². The summed E-state index contributed by atoms with van der Waals surface area (Å²) in [5.41, 5.74) is 3.29. The molecule has 104 valence electrons. The number of nitrogens with zero attached hydrogens (tertiary/aromatic N) is 1. The first-order valence-corrected chi connectivity index (χ1v) is 6.65. The van der Waals surface area contributed by atoms with Crippen molar-refractivity contribution in [1.29, 1.82) is 0 Å². The van der Waals surface area contributed by atoms with Crippen molar-refractivity contribution in [3.63, 3.8) is 0 Å². The van der Waals surface area contributed by atoms with Gasteiger partial charge in [0.1, 0.15) is 6.61 Å². The number of hydrogen-bond acceptors (Lipinski definition) is 2. The lowest BCUT2D eigenvalue weighted by Gasteiger charge is -2.20. The van der Waals surface area contributed by atoms with Gasteiger partial charge in [0.2, 0.25) is 5.91 Å². The van der Waals surface area contributed by atoms with Crippen LogP contribution in [0.15, 0.2) is 54.6 Å². The van der Waals surface area contributed by atoms with Crippen molar-refractivity contribution < 1.29 is 9.63 Å². The summed E-state index contributed by atoms with van der Waals surface area (Å²) in [7, 11) is 0. The smallest absolute Gasteiger partial charge is 0.243 e. The number of hydrogen-bond donors (Lipinski definition) is 0. The highest BCUT2D eigenvalue weighted by atomic mass is 16.7. The molecule has 0 aliphatic heterocycles.